The molecule has 1 aliphatic heterocycles. The van der Waals surface area contributed by atoms with Crippen molar-refractivity contribution in [1.29, 1.82) is 0 Å². The maximum Gasteiger partial charge on any atom is 0.191 e. The fourth-order valence-corrected chi connectivity index (χ4v) is 2.55. The predicted octanol–water partition coefficient (Wildman–Crippen LogP) is 0.196. The quantitative estimate of drug-likeness (QED) is 0.601. The lowest BCUT2D eigenvalue weighted by molar-refractivity contribution is -0.00834. The van der Waals surface area contributed by atoms with Gasteiger partial charge < -0.3 is 15.4 Å². The highest BCUT2D eigenvalue weighted by atomic mass is 16.5. The number of aliphatic imine (C=N–C) groups is 1. The number of morpholine rings is 1. The molecule has 22 heavy (non-hydrogen) atoms. The van der Waals surface area contributed by atoms with Crippen LogP contribution in [0.2, 0.25) is 0 Å². The Balaban J connectivity index is 1.79. The number of hydrogen-bond donors (Lipinski definition) is 2. The van der Waals surface area contributed by atoms with Crippen LogP contribution in [0.25, 0.3) is 0 Å². The van der Waals surface area contributed by atoms with Crippen molar-refractivity contribution in [2.75, 3.05) is 39.9 Å². The number of ether oxygens (including phenoxy) is 1. The zero-order valence-electron chi connectivity index (χ0n) is 14.1. The number of hydrogen-bond acceptors (Lipinski definition) is 4. The molecule has 1 saturated heterocycles. The van der Waals surface area contributed by atoms with E-state index in [0.717, 1.165) is 44.4 Å². The first-order chi connectivity index (χ1) is 10.5. The van der Waals surface area contributed by atoms with Crippen molar-refractivity contribution >= 4 is 5.96 Å². The Bertz CT molecular complexity index is 490. The van der Waals surface area contributed by atoms with Crippen LogP contribution in [0.15, 0.2) is 17.4 Å². The van der Waals surface area contributed by atoms with Gasteiger partial charge in [-0.1, -0.05) is 0 Å². The molecule has 1 aromatic rings. The Morgan fingerprint density at radius 3 is 2.68 bits per heavy atom. The Morgan fingerprint density at radius 1 is 1.36 bits per heavy atom. The summed E-state index contributed by atoms with van der Waals surface area (Å²) in [5, 5.41) is 10.9. The summed E-state index contributed by atoms with van der Waals surface area (Å²) in [6.07, 6.45) is 3.86. The van der Waals surface area contributed by atoms with E-state index < -0.39 is 0 Å². The highest BCUT2D eigenvalue weighted by Gasteiger charge is 2.28. The molecule has 124 valence electrons. The molecule has 0 unspecified atom stereocenters. The summed E-state index contributed by atoms with van der Waals surface area (Å²) in [5.41, 5.74) is 1.20. The first-order valence-corrected chi connectivity index (χ1v) is 7.76. The molecule has 2 N–H and O–H groups in total. The van der Waals surface area contributed by atoms with Gasteiger partial charge in [0.15, 0.2) is 5.96 Å². The van der Waals surface area contributed by atoms with Crippen LogP contribution in [-0.4, -0.2) is 66.1 Å². The molecule has 7 heteroatoms. The van der Waals surface area contributed by atoms with Crippen molar-refractivity contribution in [3.8, 4) is 0 Å². The van der Waals surface area contributed by atoms with Crippen molar-refractivity contribution in [1.82, 2.24) is 25.3 Å². The van der Waals surface area contributed by atoms with Gasteiger partial charge in [0.05, 0.1) is 19.4 Å². The van der Waals surface area contributed by atoms with Crippen LogP contribution >= 0.6 is 0 Å². The van der Waals surface area contributed by atoms with Crippen molar-refractivity contribution < 1.29 is 4.74 Å². The zero-order valence-corrected chi connectivity index (χ0v) is 14.1. The number of rotatable bonds is 5. The molecule has 2 rings (SSSR count). The Labute approximate surface area is 132 Å². The van der Waals surface area contributed by atoms with Gasteiger partial charge in [0, 0.05) is 57.6 Å². The number of aromatic nitrogens is 2. The topological polar surface area (TPSA) is 66.7 Å². The van der Waals surface area contributed by atoms with Crippen LogP contribution in [0.5, 0.6) is 0 Å². The van der Waals surface area contributed by atoms with E-state index >= 15 is 0 Å². The minimum absolute atomic E-state index is 0.0652. The third kappa shape index (κ3) is 4.71. The average Bonchev–Trinajstić information content (AvgIpc) is 2.94. The van der Waals surface area contributed by atoms with E-state index in [1.54, 1.807) is 11.7 Å². The van der Waals surface area contributed by atoms with Crippen LogP contribution < -0.4 is 10.6 Å². The van der Waals surface area contributed by atoms with Crippen molar-refractivity contribution in [3.05, 3.63) is 18.0 Å². The molecule has 0 amide bonds. The van der Waals surface area contributed by atoms with E-state index in [9.17, 15) is 0 Å². The molecule has 7 nitrogen and oxygen atoms in total. The van der Waals surface area contributed by atoms with Gasteiger partial charge in [0.1, 0.15) is 0 Å². The molecular formula is C15H28N6O. The Kier molecular flexibility index (Phi) is 5.79. The zero-order chi connectivity index (χ0) is 16.0. The van der Waals surface area contributed by atoms with Gasteiger partial charge >= 0.3 is 0 Å². The summed E-state index contributed by atoms with van der Waals surface area (Å²) in [6, 6.07) is 0. The number of guanidine groups is 1. The summed E-state index contributed by atoms with van der Waals surface area (Å²) in [7, 11) is 3.71. The summed E-state index contributed by atoms with van der Waals surface area (Å²) >= 11 is 0. The third-order valence-corrected chi connectivity index (χ3v) is 4.00. The maximum atomic E-state index is 5.43. The highest BCUT2D eigenvalue weighted by Crippen LogP contribution is 2.14. The molecule has 1 aliphatic rings. The number of nitrogens with one attached hydrogen (secondary N) is 2. The van der Waals surface area contributed by atoms with Gasteiger partial charge in [-0.15, -0.1) is 0 Å². The monoisotopic (exact) mass is 308 g/mol. The van der Waals surface area contributed by atoms with Gasteiger partial charge in [0.25, 0.3) is 0 Å². The SMILES string of the molecule is CN=C(NCc1cnn(C)c1)NCC(C)(C)N1CCOCC1. The van der Waals surface area contributed by atoms with Crippen LogP contribution in [0.1, 0.15) is 19.4 Å². The van der Waals surface area contributed by atoms with E-state index in [-0.39, 0.29) is 5.54 Å². The fourth-order valence-electron chi connectivity index (χ4n) is 2.55. The lowest BCUT2D eigenvalue weighted by atomic mass is 10.0. The molecule has 2 heterocycles. The van der Waals surface area contributed by atoms with Crippen LogP contribution in [-0.2, 0) is 18.3 Å². The average molecular weight is 308 g/mol. The maximum absolute atomic E-state index is 5.43. The molecule has 0 spiro atoms. The second-order valence-corrected chi connectivity index (χ2v) is 6.21. The summed E-state index contributed by atoms with van der Waals surface area (Å²) in [4.78, 5) is 6.74. The lowest BCUT2D eigenvalue weighted by Gasteiger charge is -2.41. The summed E-state index contributed by atoms with van der Waals surface area (Å²) < 4.78 is 7.23. The van der Waals surface area contributed by atoms with Gasteiger partial charge in [-0.3, -0.25) is 14.6 Å². The van der Waals surface area contributed by atoms with Crippen molar-refractivity contribution in [3.63, 3.8) is 0 Å². The molecular weight excluding hydrogens is 280 g/mol. The minimum atomic E-state index is 0.0652. The molecule has 0 atom stereocenters. The molecule has 1 aromatic heterocycles. The van der Waals surface area contributed by atoms with E-state index in [4.69, 9.17) is 4.74 Å². The second kappa shape index (κ2) is 7.60. The van der Waals surface area contributed by atoms with E-state index in [2.05, 4.69) is 39.5 Å². The summed E-state index contributed by atoms with van der Waals surface area (Å²) in [6.45, 7) is 9.65. The van der Waals surface area contributed by atoms with Crippen LogP contribution in [0, 0.1) is 0 Å². The number of nitrogens with zero attached hydrogens (tertiary/aromatic N) is 4. The van der Waals surface area contributed by atoms with E-state index in [1.807, 2.05) is 19.4 Å². The first-order valence-electron chi connectivity index (χ1n) is 7.76. The van der Waals surface area contributed by atoms with Gasteiger partial charge in [-0.05, 0) is 13.8 Å². The highest BCUT2D eigenvalue weighted by molar-refractivity contribution is 5.79. The molecule has 1 fully saturated rings. The van der Waals surface area contributed by atoms with E-state index in [1.165, 1.54) is 0 Å². The second-order valence-electron chi connectivity index (χ2n) is 6.21. The third-order valence-electron chi connectivity index (χ3n) is 4.00. The fraction of sp³-hybridized carbons (Fsp3) is 0.733. The molecule has 0 saturated carbocycles. The largest absolute Gasteiger partial charge is 0.379 e. The molecule has 0 aromatic carbocycles. The standard InChI is InChI=1S/C15H28N6O/c1-15(2,21-5-7-22-8-6-21)12-18-14(16-3)17-9-13-10-19-20(4)11-13/h10-11H,5-9,12H2,1-4H3,(H2,16,17,18). The van der Waals surface area contributed by atoms with Crippen LogP contribution in [0.3, 0.4) is 0 Å². The molecule has 0 bridgehead atoms. The van der Waals surface area contributed by atoms with Crippen LogP contribution in [0.4, 0.5) is 0 Å². The Morgan fingerprint density at radius 2 is 2.09 bits per heavy atom. The Hall–Kier alpha value is -1.60. The van der Waals surface area contributed by atoms with Gasteiger partial charge in [-0.2, -0.15) is 5.10 Å². The summed E-state index contributed by atoms with van der Waals surface area (Å²) in [5.74, 6) is 0.810. The first kappa shape index (κ1) is 16.8. The lowest BCUT2D eigenvalue weighted by Crippen LogP contribution is -2.56. The van der Waals surface area contributed by atoms with Crippen molar-refractivity contribution in [2.24, 2.45) is 12.0 Å². The normalized spacial score (nSPS) is 17.5. The predicted molar refractivity (Wildman–Crippen MR) is 87.9 cm³/mol. The molecule has 0 aliphatic carbocycles. The van der Waals surface area contributed by atoms with Gasteiger partial charge in [-0.25, -0.2) is 0 Å². The van der Waals surface area contributed by atoms with E-state index in [0.29, 0.717) is 6.54 Å². The van der Waals surface area contributed by atoms with Gasteiger partial charge in [0.2, 0.25) is 0 Å². The smallest absolute Gasteiger partial charge is 0.191 e. The number of aryl methyl sites for hydroxylation is 1. The minimum Gasteiger partial charge on any atom is -0.379 e. The molecule has 0 radical (unpaired) electrons. The van der Waals surface area contributed by atoms with Crippen molar-refractivity contribution in [2.45, 2.75) is 25.9 Å².